The molecule has 2 rings (SSSR count). The molecule has 1 aromatic rings. The highest BCUT2D eigenvalue weighted by Crippen LogP contribution is 2.32. The van der Waals surface area contributed by atoms with Gasteiger partial charge in [0.05, 0.1) is 19.8 Å². The van der Waals surface area contributed by atoms with Crippen LogP contribution < -0.4 is 9.47 Å². The predicted octanol–water partition coefficient (Wildman–Crippen LogP) is 4.39. The molecule has 0 aromatic heterocycles. The molecular formula is C17H23FO3. The molecule has 0 radical (unpaired) electrons. The summed E-state index contributed by atoms with van der Waals surface area (Å²) in [6.07, 6.45) is 7.45. The second-order valence-electron chi connectivity index (χ2n) is 5.65. The third kappa shape index (κ3) is 3.96. The molecule has 0 amide bonds. The van der Waals surface area contributed by atoms with Gasteiger partial charge in [0.15, 0.2) is 17.3 Å². The van der Waals surface area contributed by atoms with E-state index in [0.717, 1.165) is 6.42 Å². The van der Waals surface area contributed by atoms with Crippen molar-refractivity contribution in [3.63, 3.8) is 0 Å². The summed E-state index contributed by atoms with van der Waals surface area (Å²) in [5.74, 6) is 0.616. The number of hydrogen-bond donors (Lipinski definition) is 0. The Labute approximate surface area is 125 Å². The first-order valence-electron chi connectivity index (χ1n) is 7.60. The maximum Gasteiger partial charge on any atom is 0.165 e. The Hall–Kier alpha value is -1.58. The van der Waals surface area contributed by atoms with Gasteiger partial charge in [-0.05, 0) is 18.4 Å². The standard InChI is InChI=1S/C17H23FO3/c1-20-16-10-13(14(18)11-17(16)21-2)15(19)9-8-12-6-4-3-5-7-12/h10-12H,3-9H2,1-2H3. The van der Waals surface area contributed by atoms with E-state index in [1.54, 1.807) is 0 Å². The first kappa shape index (κ1) is 15.8. The lowest BCUT2D eigenvalue weighted by molar-refractivity contribution is 0.0965. The molecular weight excluding hydrogens is 271 g/mol. The second kappa shape index (κ2) is 7.43. The van der Waals surface area contributed by atoms with Crippen LogP contribution >= 0.6 is 0 Å². The number of methoxy groups -OCH3 is 2. The molecule has 0 spiro atoms. The molecule has 0 aliphatic heterocycles. The summed E-state index contributed by atoms with van der Waals surface area (Å²) in [5.41, 5.74) is 0.100. The van der Waals surface area contributed by atoms with Crippen molar-refractivity contribution in [3.8, 4) is 11.5 Å². The van der Waals surface area contributed by atoms with Gasteiger partial charge < -0.3 is 9.47 Å². The summed E-state index contributed by atoms with van der Waals surface area (Å²) >= 11 is 0. The molecule has 116 valence electrons. The van der Waals surface area contributed by atoms with Gasteiger partial charge in [-0.25, -0.2) is 4.39 Å². The minimum atomic E-state index is -0.540. The van der Waals surface area contributed by atoms with Gasteiger partial charge in [-0.2, -0.15) is 0 Å². The largest absolute Gasteiger partial charge is 0.493 e. The van der Waals surface area contributed by atoms with E-state index in [9.17, 15) is 9.18 Å². The van der Waals surface area contributed by atoms with Crippen molar-refractivity contribution < 1.29 is 18.7 Å². The van der Waals surface area contributed by atoms with Crippen molar-refractivity contribution in [2.24, 2.45) is 5.92 Å². The van der Waals surface area contributed by atoms with E-state index < -0.39 is 5.82 Å². The molecule has 1 aliphatic rings. The van der Waals surface area contributed by atoms with Crippen LogP contribution in [0, 0.1) is 11.7 Å². The molecule has 1 aromatic carbocycles. The quantitative estimate of drug-likeness (QED) is 0.730. The highest BCUT2D eigenvalue weighted by atomic mass is 19.1. The first-order chi connectivity index (χ1) is 10.2. The third-order valence-electron chi connectivity index (χ3n) is 4.28. The molecule has 0 atom stereocenters. The van der Waals surface area contributed by atoms with Crippen molar-refractivity contribution in [1.29, 1.82) is 0 Å². The fraction of sp³-hybridized carbons (Fsp3) is 0.588. The second-order valence-corrected chi connectivity index (χ2v) is 5.65. The van der Waals surface area contributed by atoms with Gasteiger partial charge >= 0.3 is 0 Å². The lowest BCUT2D eigenvalue weighted by Crippen LogP contribution is -2.10. The van der Waals surface area contributed by atoms with Crippen molar-refractivity contribution in [2.45, 2.75) is 44.9 Å². The molecule has 1 fully saturated rings. The number of benzene rings is 1. The van der Waals surface area contributed by atoms with Gasteiger partial charge in [0, 0.05) is 12.5 Å². The van der Waals surface area contributed by atoms with E-state index in [1.807, 2.05) is 0 Å². The highest BCUT2D eigenvalue weighted by molar-refractivity contribution is 5.97. The van der Waals surface area contributed by atoms with Crippen molar-refractivity contribution in [3.05, 3.63) is 23.5 Å². The Morgan fingerprint density at radius 1 is 1.14 bits per heavy atom. The van der Waals surface area contributed by atoms with Crippen LogP contribution in [0.3, 0.4) is 0 Å². The maximum absolute atomic E-state index is 14.0. The third-order valence-corrected chi connectivity index (χ3v) is 4.28. The molecule has 1 aliphatic carbocycles. The maximum atomic E-state index is 14.0. The minimum absolute atomic E-state index is 0.100. The molecule has 4 heteroatoms. The zero-order chi connectivity index (χ0) is 15.2. The zero-order valence-corrected chi connectivity index (χ0v) is 12.8. The Morgan fingerprint density at radius 2 is 1.76 bits per heavy atom. The van der Waals surface area contributed by atoms with Gasteiger partial charge in [-0.1, -0.05) is 32.1 Å². The highest BCUT2D eigenvalue weighted by Gasteiger charge is 2.19. The zero-order valence-electron chi connectivity index (χ0n) is 12.8. The van der Waals surface area contributed by atoms with Crippen molar-refractivity contribution in [2.75, 3.05) is 14.2 Å². The van der Waals surface area contributed by atoms with Crippen LogP contribution in [0.4, 0.5) is 4.39 Å². The average Bonchev–Trinajstić information content (AvgIpc) is 2.53. The summed E-state index contributed by atoms with van der Waals surface area (Å²) in [5, 5.41) is 0. The van der Waals surface area contributed by atoms with Gasteiger partial charge in [0.25, 0.3) is 0 Å². The van der Waals surface area contributed by atoms with Crippen LogP contribution in [0.15, 0.2) is 12.1 Å². The number of carbonyl (C=O) groups is 1. The van der Waals surface area contributed by atoms with Crippen LogP contribution in [0.2, 0.25) is 0 Å². The Kier molecular flexibility index (Phi) is 5.59. The topological polar surface area (TPSA) is 35.5 Å². The van der Waals surface area contributed by atoms with Crippen LogP contribution in [-0.2, 0) is 0 Å². The Balaban J connectivity index is 2.04. The molecule has 0 saturated heterocycles. The lowest BCUT2D eigenvalue weighted by Gasteiger charge is -2.21. The molecule has 0 bridgehead atoms. The smallest absolute Gasteiger partial charge is 0.165 e. The molecule has 21 heavy (non-hydrogen) atoms. The van der Waals surface area contributed by atoms with Gasteiger partial charge in [-0.15, -0.1) is 0 Å². The van der Waals surface area contributed by atoms with E-state index in [2.05, 4.69) is 0 Å². The molecule has 0 N–H and O–H groups in total. The Morgan fingerprint density at radius 3 is 2.38 bits per heavy atom. The number of Topliss-reactive ketones (excluding diaryl/α,β-unsaturated/α-hetero) is 1. The number of rotatable bonds is 6. The van der Waals surface area contributed by atoms with Gasteiger partial charge in [-0.3, -0.25) is 4.79 Å². The summed E-state index contributed by atoms with van der Waals surface area (Å²) in [6.45, 7) is 0. The molecule has 0 unspecified atom stereocenters. The molecule has 0 heterocycles. The number of halogens is 1. The van der Waals surface area contributed by atoms with Crippen LogP contribution in [-0.4, -0.2) is 20.0 Å². The van der Waals surface area contributed by atoms with Gasteiger partial charge in [0.1, 0.15) is 5.82 Å². The van der Waals surface area contributed by atoms with Crippen LogP contribution in [0.25, 0.3) is 0 Å². The van der Waals surface area contributed by atoms with E-state index in [0.29, 0.717) is 23.8 Å². The lowest BCUT2D eigenvalue weighted by atomic mass is 9.85. The van der Waals surface area contributed by atoms with Crippen molar-refractivity contribution >= 4 is 5.78 Å². The first-order valence-corrected chi connectivity index (χ1v) is 7.60. The van der Waals surface area contributed by atoms with E-state index in [1.165, 1.54) is 58.5 Å². The molecule has 1 saturated carbocycles. The minimum Gasteiger partial charge on any atom is -0.493 e. The Bertz CT molecular complexity index is 493. The fourth-order valence-corrected chi connectivity index (χ4v) is 3.01. The average molecular weight is 294 g/mol. The normalized spacial score (nSPS) is 15.8. The molecule has 3 nitrogen and oxygen atoms in total. The van der Waals surface area contributed by atoms with Crippen LogP contribution in [0.1, 0.15) is 55.3 Å². The van der Waals surface area contributed by atoms with Crippen LogP contribution in [0.5, 0.6) is 11.5 Å². The SMILES string of the molecule is COc1cc(F)c(C(=O)CCC2CCCCC2)cc1OC. The number of ketones is 1. The predicted molar refractivity (Wildman–Crippen MR) is 79.6 cm³/mol. The number of hydrogen-bond acceptors (Lipinski definition) is 3. The monoisotopic (exact) mass is 294 g/mol. The summed E-state index contributed by atoms with van der Waals surface area (Å²) < 4.78 is 24.2. The number of carbonyl (C=O) groups excluding carboxylic acids is 1. The van der Waals surface area contributed by atoms with E-state index in [-0.39, 0.29) is 11.3 Å². The summed E-state index contributed by atoms with van der Waals surface area (Å²) in [4.78, 5) is 12.2. The summed E-state index contributed by atoms with van der Waals surface area (Å²) in [6, 6.07) is 2.66. The van der Waals surface area contributed by atoms with Crippen molar-refractivity contribution in [1.82, 2.24) is 0 Å². The van der Waals surface area contributed by atoms with Gasteiger partial charge in [0.2, 0.25) is 0 Å². The fourth-order valence-electron chi connectivity index (χ4n) is 3.01. The number of ether oxygens (including phenoxy) is 2. The van der Waals surface area contributed by atoms with E-state index in [4.69, 9.17) is 9.47 Å². The summed E-state index contributed by atoms with van der Waals surface area (Å²) in [7, 11) is 2.92. The van der Waals surface area contributed by atoms with E-state index >= 15 is 0 Å².